The summed E-state index contributed by atoms with van der Waals surface area (Å²) in [7, 11) is 0. The number of rotatable bonds is 5. The van der Waals surface area contributed by atoms with E-state index in [1.165, 1.54) is 6.20 Å². The largest absolute Gasteiger partial charge is 0.481 e. The minimum absolute atomic E-state index is 0.0388. The van der Waals surface area contributed by atoms with Crippen molar-refractivity contribution in [1.29, 1.82) is 0 Å². The molecule has 0 fully saturated rings. The molecule has 106 valence electrons. The van der Waals surface area contributed by atoms with E-state index in [0.29, 0.717) is 11.1 Å². The van der Waals surface area contributed by atoms with Crippen LogP contribution in [0.2, 0.25) is 0 Å². The maximum atomic E-state index is 12.3. The van der Waals surface area contributed by atoms with Gasteiger partial charge in [0, 0.05) is 12.2 Å². The molecule has 0 bridgehead atoms. The number of nitrogens with one attached hydrogen (secondary N) is 1. The molecule has 2 heterocycles. The number of carboxylic acid groups (broad SMARTS) is 1. The molecule has 1 unspecified atom stereocenters. The molecule has 0 saturated heterocycles. The molecule has 0 aliphatic rings. The number of aromatic nitrogens is 2. The Kier molecular flexibility index (Phi) is 4.02. The van der Waals surface area contributed by atoms with E-state index in [2.05, 4.69) is 10.4 Å². The molecule has 2 aromatic heterocycles. The van der Waals surface area contributed by atoms with Gasteiger partial charge in [-0.1, -0.05) is 19.9 Å². The number of amides is 1. The molecule has 6 nitrogen and oxygen atoms in total. The van der Waals surface area contributed by atoms with E-state index < -0.39 is 12.0 Å². The number of hydrogen-bond donors (Lipinski definition) is 2. The second-order valence-corrected chi connectivity index (χ2v) is 5.01. The first-order valence-electron chi connectivity index (χ1n) is 6.44. The van der Waals surface area contributed by atoms with Gasteiger partial charge in [-0.25, -0.2) is 4.52 Å². The Morgan fingerprint density at radius 3 is 2.80 bits per heavy atom. The third kappa shape index (κ3) is 2.96. The first-order chi connectivity index (χ1) is 9.49. The van der Waals surface area contributed by atoms with Gasteiger partial charge in [-0.15, -0.1) is 0 Å². The van der Waals surface area contributed by atoms with Crippen molar-refractivity contribution in [3.8, 4) is 0 Å². The van der Waals surface area contributed by atoms with Gasteiger partial charge in [0.2, 0.25) is 0 Å². The van der Waals surface area contributed by atoms with E-state index in [9.17, 15) is 9.59 Å². The van der Waals surface area contributed by atoms with Crippen LogP contribution in [-0.2, 0) is 4.79 Å². The molecule has 6 heteroatoms. The molecule has 1 amide bonds. The summed E-state index contributed by atoms with van der Waals surface area (Å²) >= 11 is 0. The quantitative estimate of drug-likeness (QED) is 0.867. The fraction of sp³-hybridized carbons (Fsp3) is 0.357. The summed E-state index contributed by atoms with van der Waals surface area (Å²) in [5, 5.41) is 15.7. The lowest BCUT2D eigenvalue weighted by molar-refractivity contribution is -0.137. The molecular weight excluding hydrogens is 258 g/mol. The topological polar surface area (TPSA) is 83.7 Å². The highest BCUT2D eigenvalue weighted by Gasteiger charge is 2.21. The Morgan fingerprint density at radius 1 is 1.40 bits per heavy atom. The number of carbonyl (C=O) groups is 2. The Balaban J connectivity index is 2.20. The van der Waals surface area contributed by atoms with Crippen LogP contribution in [0.1, 0.15) is 30.6 Å². The lowest BCUT2D eigenvalue weighted by Gasteiger charge is -2.20. The zero-order valence-electron chi connectivity index (χ0n) is 11.4. The molecule has 2 aromatic rings. The summed E-state index contributed by atoms with van der Waals surface area (Å²) in [6.07, 6.45) is 3.15. The van der Waals surface area contributed by atoms with Crippen molar-refractivity contribution in [1.82, 2.24) is 14.9 Å². The highest BCUT2D eigenvalue weighted by atomic mass is 16.4. The van der Waals surface area contributed by atoms with Crippen molar-refractivity contribution in [2.75, 3.05) is 0 Å². The molecule has 0 aliphatic heterocycles. The zero-order chi connectivity index (χ0) is 14.7. The van der Waals surface area contributed by atoms with Crippen molar-refractivity contribution >= 4 is 17.4 Å². The molecule has 0 aliphatic carbocycles. The highest BCUT2D eigenvalue weighted by Crippen LogP contribution is 2.12. The molecule has 20 heavy (non-hydrogen) atoms. The van der Waals surface area contributed by atoms with E-state index >= 15 is 0 Å². The number of fused-ring (bicyclic) bond motifs is 1. The van der Waals surface area contributed by atoms with Gasteiger partial charge in [0.1, 0.15) is 0 Å². The van der Waals surface area contributed by atoms with Gasteiger partial charge in [-0.05, 0) is 18.1 Å². The van der Waals surface area contributed by atoms with Gasteiger partial charge in [-0.2, -0.15) is 5.10 Å². The Hall–Kier alpha value is -2.37. The van der Waals surface area contributed by atoms with Crippen molar-refractivity contribution < 1.29 is 14.7 Å². The molecule has 2 N–H and O–H groups in total. The summed E-state index contributed by atoms with van der Waals surface area (Å²) in [6, 6.07) is 5.04. The number of nitrogens with zero attached hydrogens (tertiary/aromatic N) is 2. The van der Waals surface area contributed by atoms with Crippen LogP contribution in [0.3, 0.4) is 0 Å². The van der Waals surface area contributed by atoms with Gasteiger partial charge in [-0.3, -0.25) is 9.59 Å². The number of hydrogen-bond acceptors (Lipinski definition) is 3. The van der Waals surface area contributed by atoms with Crippen LogP contribution in [0.5, 0.6) is 0 Å². The van der Waals surface area contributed by atoms with E-state index in [-0.39, 0.29) is 18.2 Å². The predicted octanol–water partition coefficient (Wildman–Crippen LogP) is 1.56. The fourth-order valence-electron chi connectivity index (χ4n) is 2.00. The molecule has 0 aromatic carbocycles. The van der Waals surface area contributed by atoms with Gasteiger partial charge in [0.05, 0.1) is 23.7 Å². The molecular formula is C14H17N3O3. The predicted molar refractivity (Wildman–Crippen MR) is 73.5 cm³/mol. The van der Waals surface area contributed by atoms with E-state index in [1.54, 1.807) is 16.8 Å². The van der Waals surface area contributed by atoms with Crippen molar-refractivity contribution in [2.24, 2.45) is 5.92 Å². The molecule has 0 saturated carbocycles. The standard InChI is InChI=1S/C14H17N3O3/c1-9(2)11(7-13(18)19)16-14(20)10-8-15-17-6-4-3-5-12(10)17/h3-6,8-9,11H,7H2,1-2H3,(H,16,20)(H,18,19). The van der Waals surface area contributed by atoms with Crippen LogP contribution < -0.4 is 5.32 Å². The van der Waals surface area contributed by atoms with Gasteiger partial charge in [0.15, 0.2) is 0 Å². The maximum absolute atomic E-state index is 12.3. The van der Waals surface area contributed by atoms with E-state index in [0.717, 1.165) is 0 Å². The summed E-state index contributed by atoms with van der Waals surface area (Å²) in [4.78, 5) is 23.1. The molecule has 2 rings (SSSR count). The average molecular weight is 275 g/mol. The van der Waals surface area contributed by atoms with E-state index in [4.69, 9.17) is 5.11 Å². The summed E-state index contributed by atoms with van der Waals surface area (Å²) in [5.41, 5.74) is 1.14. The zero-order valence-corrected chi connectivity index (χ0v) is 11.4. The first-order valence-corrected chi connectivity index (χ1v) is 6.44. The van der Waals surface area contributed by atoms with Gasteiger partial charge < -0.3 is 10.4 Å². The molecule has 0 spiro atoms. The number of aliphatic carboxylic acids is 1. The van der Waals surface area contributed by atoms with E-state index in [1.807, 2.05) is 26.0 Å². The summed E-state index contributed by atoms with van der Waals surface area (Å²) in [5.74, 6) is -1.19. The number of pyridine rings is 1. The Morgan fingerprint density at radius 2 is 2.15 bits per heavy atom. The van der Waals surface area contributed by atoms with Crippen LogP contribution in [0, 0.1) is 5.92 Å². The lowest BCUT2D eigenvalue weighted by Crippen LogP contribution is -2.40. The maximum Gasteiger partial charge on any atom is 0.305 e. The van der Waals surface area contributed by atoms with Crippen LogP contribution in [0.4, 0.5) is 0 Å². The lowest BCUT2D eigenvalue weighted by atomic mass is 10.0. The average Bonchev–Trinajstić information content (AvgIpc) is 2.81. The monoisotopic (exact) mass is 275 g/mol. The van der Waals surface area contributed by atoms with Crippen LogP contribution in [0.15, 0.2) is 30.6 Å². The summed E-state index contributed by atoms with van der Waals surface area (Å²) < 4.78 is 1.61. The third-order valence-electron chi connectivity index (χ3n) is 3.19. The fourth-order valence-corrected chi connectivity index (χ4v) is 2.00. The summed E-state index contributed by atoms with van der Waals surface area (Å²) in [6.45, 7) is 3.76. The minimum atomic E-state index is -0.927. The highest BCUT2D eigenvalue weighted by molar-refractivity contribution is 6.00. The van der Waals surface area contributed by atoms with Crippen LogP contribution in [0.25, 0.3) is 5.52 Å². The number of carbonyl (C=O) groups excluding carboxylic acids is 1. The molecule has 0 radical (unpaired) electrons. The van der Waals surface area contributed by atoms with Crippen LogP contribution in [-0.4, -0.2) is 32.6 Å². The van der Waals surface area contributed by atoms with Gasteiger partial charge >= 0.3 is 5.97 Å². The van der Waals surface area contributed by atoms with Crippen molar-refractivity contribution in [3.63, 3.8) is 0 Å². The SMILES string of the molecule is CC(C)C(CC(=O)O)NC(=O)c1cnn2ccccc12. The van der Waals surface area contributed by atoms with Crippen molar-refractivity contribution in [3.05, 3.63) is 36.2 Å². The molecule has 1 atom stereocenters. The normalized spacial score (nSPS) is 12.6. The Bertz CT molecular complexity index is 633. The third-order valence-corrected chi connectivity index (χ3v) is 3.19. The first kappa shape index (κ1) is 14.0. The second kappa shape index (κ2) is 5.73. The van der Waals surface area contributed by atoms with Crippen LogP contribution >= 0.6 is 0 Å². The van der Waals surface area contributed by atoms with Crippen molar-refractivity contribution in [2.45, 2.75) is 26.3 Å². The van der Waals surface area contributed by atoms with Gasteiger partial charge in [0.25, 0.3) is 5.91 Å². The number of carboxylic acids is 1. The second-order valence-electron chi connectivity index (χ2n) is 5.01. The smallest absolute Gasteiger partial charge is 0.305 e. The minimum Gasteiger partial charge on any atom is -0.481 e. The Labute approximate surface area is 116 Å².